The van der Waals surface area contributed by atoms with Gasteiger partial charge in [0.2, 0.25) is 0 Å². The summed E-state index contributed by atoms with van der Waals surface area (Å²) in [5.74, 6) is 0.843. The van der Waals surface area contributed by atoms with Crippen molar-refractivity contribution >= 4 is 5.91 Å². The number of nitrogens with zero attached hydrogens (tertiary/aromatic N) is 2. The lowest BCUT2D eigenvalue weighted by atomic mass is 9.63. The van der Waals surface area contributed by atoms with E-state index in [0.717, 1.165) is 12.2 Å². The van der Waals surface area contributed by atoms with Crippen LogP contribution in [-0.4, -0.2) is 40.2 Å². The topological polar surface area (TPSA) is 58.2 Å². The molecule has 3 rings (SSSR count). The van der Waals surface area contributed by atoms with Gasteiger partial charge in [-0.25, -0.2) is 0 Å². The van der Waals surface area contributed by atoms with Crippen LogP contribution in [0.15, 0.2) is 42.6 Å². The minimum atomic E-state index is -0.0970. The molecule has 0 unspecified atom stereocenters. The number of benzene rings is 1. The van der Waals surface area contributed by atoms with Gasteiger partial charge in [-0.3, -0.25) is 9.89 Å². The van der Waals surface area contributed by atoms with E-state index < -0.39 is 0 Å². The van der Waals surface area contributed by atoms with Gasteiger partial charge in [0.25, 0.3) is 5.91 Å². The molecule has 22 heavy (non-hydrogen) atoms. The second-order valence-corrected chi connectivity index (χ2v) is 6.38. The van der Waals surface area contributed by atoms with Gasteiger partial charge in [0.05, 0.1) is 0 Å². The second-order valence-electron chi connectivity index (χ2n) is 6.38. The molecule has 0 spiro atoms. The molecule has 1 saturated carbocycles. The molecule has 5 nitrogen and oxygen atoms in total. The lowest BCUT2D eigenvalue weighted by molar-refractivity contribution is -0.0887. The third kappa shape index (κ3) is 2.47. The van der Waals surface area contributed by atoms with Crippen molar-refractivity contribution in [2.45, 2.75) is 32.4 Å². The van der Waals surface area contributed by atoms with E-state index in [1.807, 2.05) is 37.4 Å². The molecule has 2 aromatic rings. The Morgan fingerprint density at radius 3 is 2.64 bits per heavy atom. The Hall–Kier alpha value is -2.30. The number of carbonyl (C=O) groups excluding carboxylic acids is 1. The molecule has 1 N–H and O–H groups in total. The number of rotatable bonds is 4. The molecule has 0 saturated heterocycles. The summed E-state index contributed by atoms with van der Waals surface area (Å²) in [6, 6.07) is 11.7. The molecule has 0 radical (unpaired) electrons. The van der Waals surface area contributed by atoms with Crippen molar-refractivity contribution in [1.29, 1.82) is 0 Å². The number of H-pyrrole nitrogens is 1. The van der Waals surface area contributed by atoms with Crippen molar-refractivity contribution in [3.63, 3.8) is 0 Å². The number of aromatic amines is 1. The molecule has 1 aliphatic carbocycles. The van der Waals surface area contributed by atoms with Crippen LogP contribution in [0.5, 0.6) is 5.75 Å². The fraction of sp³-hybridized carbons (Fsp3) is 0.412. The fourth-order valence-electron chi connectivity index (χ4n) is 3.09. The first-order chi connectivity index (χ1) is 10.5. The number of amides is 1. The van der Waals surface area contributed by atoms with Crippen LogP contribution in [0.25, 0.3) is 0 Å². The molecule has 1 heterocycles. The quantitative estimate of drug-likeness (QED) is 0.944. The van der Waals surface area contributed by atoms with Crippen LogP contribution >= 0.6 is 0 Å². The van der Waals surface area contributed by atoms with Crippen LogP contribution in [0, 0.1) is 5.41 Å². The van der Waals surface area contributed by atoms with E-state index >= 15 is 0 Å². The van der Waals surface area contributed by atoms with Gasteiger partial charge in [0.15, 0.2) is 0 Å². The number of hydrogen-bond donors (Lipinski definition) is 1. The molecule has 1 amide bonds. The first-order valence-electron chi connectivity index (χ1n) is 7.48. The minimum absolute atomic E-state index is 0.0336. The number of para-hydroxylation sites is 1. The zero-order chi connectivity index (χ0) is 15.7. The van der Waals surface area contributed by atoms with Crippen molar-refractivity contribution in [3.8, 4) is 5.75 Å². The average Bonchev–Trinajstić information content (AvgIpc) is 3.05. The van der Waals surface area contributed by atoms with Gasteiger partial charge in [-0.2, -0.15) is 5.10 Å². The second kappa shape index (κ2) is 5.48. The van der Waals surface area contributed by atoms with E-state index in [9.17, 15) is 4.79 Å². The summed E-state index contributed by atoms with van der Waals surface area (Å²) in [6.45, 7) is 4.29. The van der Waals surface area contributed by atoms with Gasteiger partial charge in [-0.05, 0) is 18.2 Å². The van der Waals surface area contributed by atoms with Crippen LogP contribution in [0.3, 0.4) is 0 Å². The molecule has 2 atom stereocenters. The fourth-order valence-corrected chi connectivity index (χ4v) is 3.09. The molecule has 116 valence electrons. The maximum Gasteiger partial charge on any atom is 0.271 e. The Kier molecular flexibility index (Phi) is 3.64. The summed E-state index contributed by atoms with van der Waals surface area (Å²) in [5, 5.41) is 6.57. The molecule has 1 aromatic heterocycles. The Bertz CT molecular complexity index is 637. The summed E-state index contributed by atoms with van der Waals surface area (Å²) in [5.41, 5.74) is 0.422. The predicted molar refractivity (Wildman–Crippen MR) is 83.7 cm³/mol. The van der Waals surface area contributed by atoms with Crippen LogP contribution in [0.4, 0.5) is 0 Å². The number of nitrogens with one attached hydrogen (secondary N) is 1. The summed E-state index contributed by atoms with van der Waals surface area (Å²) < 4.78 is 6.06. The van der Waals surface area contributed by atoms with Gasteiger partial charge < -0.3 is 9.64 Å². The monoisotopic (exact) mass is 299 g/mol. The smallest absolute Gasteiger partial charge is 0.271 e. The average molecular weight is 299 g/mol. The van der Waals surface area contributed by atoms with E-state index in [-0.39, 0.29) is 23.5 Å². The molecular weight excluding hydrogens is 278 g/mol. The first-order valence-corrected chi connectivity index (χ1v) is 7.48. The van der Waals surface area contributed by atoms with Crippen molar-refractivity contribution < 1.29 is 9.53 Å². The number of aromatic nitrogens is 2. The van der Waals surface area contributed by atoms with Crippen molar-refractivity contribution in [3.05, 3.63) is 48.3 Å². The number of carbonyl (C=O) groups is 1. The van der Waals surface area contributed by atoms with Crippen molar-refractivity contribution in [1.82, 2.24) is 15.1 Å². The lowest BCUT2D eigenvalue weighted by Gasteiger charge is -2.54. The summed E-state index contributed by atoms with van der Waals surface area (Å²) in [7, 11) is 1.84. The third-order valence-corrected chi connectivity index (χ3v) is 4.67. The number of ether oxygens (including phenoxy) is 1. The van der Waals surface area contributed by atoms with E-state index in [1.165, 1.54) is 0 Å². The third-order valence-electron chi connectivity index (χ3n) is 4.67. The molecule has 1 fully saturated rings. The summed E-state index contributed by atoms with van der Waals surface area (Å²) in [4.78, 5) is 14.2. The Morgan fingerprint density at radius 2 is 2.05 bits per heavy atom. The van der Waals surface area contributed by atoms with Crippen LogP contribution < -0.4 is 4.74 Å². The van der Waals surface area contributed by atoms with E-state index in [2.05, 4.69) is 24.0 Å². The van der Waals surface area contributed by atoms with E-state index in [4.69, 9.17) is 4.74 Å². The van der Waals surface area contributed by atoms with Crippen molar-refractivity contribution in [2.24, 2.45) is 5.41 Å². The zero-order valence-corrected chi connectivity index (χ0v) is 13.1. The maximum atomic E-state index is 12.4. The van der Waals surface area contributed by atoms with E-state index in [0.29, 0.717) is 5.69 Å². The molecule has 1 aromatic carbocycles. The predicted octanol–water partition coefficient (Wildman–Crippen LogP) is 2.73. The highest BCUT2D eigenvalue weighted by molar-refractivity contribution is 5.92. The molecule has 5 heteroatoms. The Balaban J connectivity index is 1.67. The SMILES string of the molecule is CN(C(=O)c1ccn[nH]1)[C@@H]1C[C@H](Oc2ccccc2)C1(C)C. The van der Waals surface area contributed by atoms with Gasteiger partial charge in [0.1, 0.15) is 17.5 Å². The Morgan fingerprint density at radius 1 is 1.32 bits per heavy atom. The van der Waals surface area contributed by atoms with Gasteiger partial charge in [-0.15, -0.1) is 0 Å². The highest BCUT2D eigenvalue weighted by atomic mass is 16.5. The standard InChI is InChI=1S/C17H21N3O2/c1-17(2)14(20(3)16(21)13-9-10-18-19-13)11-15(17)22-12-7-5-4-6-8-12/h4-10,14-15H,11H2,1-3H3,(H,18,19)/t14-,15+/m1/s1. The van der Waals surface area contributed by atoms with Crippen LogP contribution in [-0.2, 0) is 0 Å². The lowest BCUT2D eigenvalue weighted by Crippen LogP contribution is -2.63. The zero-order valence-electron chi connectivity index (χ0n) is 13.1. The normalized spacial score (nSPS) is 22.7. The highest BCUT2D eigenvalue weighted by Gasteiger charge is 2.53. The molecule has 0 aliphatic heterocycles. The summed E-state index contributed by atoms with van der Waals surface area (Å²) >= 11 is 0. The number of hydrogen-bond acceptors (Lipinski definition) is 3. The molecule has 1 aliphatic rings. The summed E-state index contributed by atoms with van der Waals surface area (Å²) in [6.07, 6.45) is 2.53. The molecule has 0 bridgehead atoms. The van der Waals surface area contributed by atoms with Crippen molar-refractivity contribution in [2.75, 3.05) is 7.05 Å². The van der Waals surface area contributed by atoms with E-state index in [1.54, 1.807) is 17.2 Å². The van der Waals surface area contributed by atoms with Gasteiger partial charge in [0, 0.05) is 31.1 Å². The van der Waals surface area contributed by atoms with Gasteiger partial charge >= 0.3 is 0 Å². The first kappa shape index (κ1) is 14.6. The Labute approximate surface area is 130 Å². The molecular formula is C17H21N3O2. The van der Waals surface area contributed by atoms with Crippen LogP contribution in [0.1, 0.15) is 30.8 Å². The minimum Gasteiger partial charge on any atom is -0.490 e. The van der Waals surface area contributed by atoms with Crippen LogP contribution in [0.2, 0.25) is 0 Å². The van der Waals surface area contributed by atoms with Gasteiger partial charge in [-0.1, -0.05) is 32.0 Å². The largest absolute Gasteiger partial charge is 0.490 e. The maximum absolute atomic E-state index is 12.4. The highest BCUT2D eigenvalue weighted by Crippen LogP contribution is 2.45.